The van der Waals surface area contributed by atoms with Crippen LogP contribution in [0.25, 0.3) is 0 Å². The molecule has 2 heterocycles. The van der Waals surface area contributed by atoms with Gasteiger partial charge < -0.3 is 14.8 Å². The third kappa shape index (κ3) is 2.15. The van der Waals surface area contributed by atoms with Crippen LogP contribution in [0.4, 0.5) is 0 Å². The largest absolute Gasteiger partial charge is 0.347 e. The average Bonchev–Trinajstić information content (AvgIpc) is 3.01. The van der Waals surface area contributed by atoms with Crippen molar-refractivity contribution in [3.63, 3.8) is 0 Å². The van der Waals surface area contributed by atoms with Gasteiger partial charge in [0.05, 0.1) is 13.2 Å². The maximum absolute atomic E-state index is 5.71. The van der Waals surface area contributed by atoms with E-state index >= 15 is 0 Å². The van der Waals surface area contributed by atoms with Gasteiger partial charge in [0, 0.05) is 25.4 Å². The Bertz CT molecular complexity index is 333. The molecule has 1 aliphatic carbocycles. The summed E-state index contributed by atoms with van der Waals surface area (Å²) in [6.45, 7) is 2.48. The van der Waals surface area contributed by atoms with Crippen LogP contribution in [0.2, 0.25) is 0 Å². The van der Waals surface area contributed by atoms with Gasteiger partial charge in [-0.15, -0.1) is 0 Å². The van der Waals surface area contributed by atoms with E-state index in [2.05, 4.69) is 22.1 Å². The molecule has 1 aliphatic heterocycles. The van der Waals surface area contributed by atoms with Crippen molar-refractivity contribution in [1.82, 2.24) is 5.32 Å². The summed E-state index contributed by atoms with van der Waals surface area (Å²) in [4.78, 5) is 0. The van der Waals surface area contributed by atoms with Crippen molar-refractivity contribution in [3.05, 3.63) is 22.4 Å². The number of thiophene rings is 1. The van der Waals surface area contributed by atoms with Crippen molar-refractivity contribution in [3.8, 4) is 0 Å². The summed E-state index contributed by atoms with van der Waals surface area (Å²) in [6, 6.07) is 2.71. The first-order valence-electron chi connectivity index (χ1n) is 5.89. The lowest BCUT2D eigenvalue weighted by atomic mass is 10.2. The van der Waals surface area contributed by atoms with E-state index in [9.17, 15) is 0 Å². The predicted octanol–water partition coefficient (Wildman–Crippen LogP) is 2.13. The second-order valence-corrected chi connectivity index (χ2v) is 5.34. The van der Waals surface area contributed by atoms with E-state index in [1.165, 1.54) is 5.56 Å². The minimum atomic E-state index is -0.244. The molecule has 1 atom stereocenters. The highest BCUT2D eigenvalue weighted by atomic mass is 32.1. The topological polar surface area (TPSA) is 30.5 Å². The third-order valence-electron chi connectivity index (χ3n) is 3.42. The minimum absolute atomic E-state index is 0.244. The molecule has 1 aromatic rings. The maximum atomic E-state index is 5.71. The third-order valence-corrected chi connectivity index (χ3v) is 4.15. The Morgan fingerprint density at radius 1 is 1.44 bits per heavy atom. The number of hydrogen-bond acceptors (Lipinski definition) is 4. The van der Waals surface area contributed by atoms with Gasteiger partial charge in [0.25, 0.3) is 0 Å². The van der Waals surface area contributed by atoms with Gasteiger partial charge in [-0.3, -0.25) is 0 Å². The lowest BCUT2D eigenvalue weighted by Gasteiger charge is -2.21. The molecule has 0 radical (unpaired) electrons. The summed E-state index contributed by atoms with van der Waals surface area (Å²) < 4.78 is 11.4. The zero-order valence-corrected chi connectivity index (χ0v) is 10.1. The Morgan fingerprint density at radius 2 is 2.31 bits per heavy atom. The normalized spacial score (nSPS) is 27.9. The van der Waals surface area contributed by atoms with Gasteiger partial charge in [-0.05, 0) is 28.8 Å². The summed E-state index contributed by atoms with van der Waals surface area (Å²) >= 11 is 1.75. The summed E-state index contributed by atoms with van der Waals surface area (Å²) in [5.41, 5.74) is 1.37. The summed E-state index contributed by atoms with van der Waals surface area (Å²) in [7, 11) is 0. The van der Waals surface area contributed by atoms with E-state index in [0.29, 0.717) is 6.04 Å². The highest BCUT2D eigenvalue weighted by Gasteiger charge is 2.43. The second kappa shape index (κ2) is 4.45. The first-order valence-corrected chi connectivity index (χ1v) is 6.83. The van der Waals surface area contributed by atoms with Gasteiger partial charge in [-0.2, -0.15) is 11.3 Å². The molecule has 1 unspecified atom stereocenters. The minimum Gasteiger partial charge on any atom is -0.347 e. The van der Waals surface area contributed by atoms with Crippen LogP contribution >= 0.6 is 11.3 Å². The molecule has 1 spiro atoms. The van der Waals surface area contributed by atoms with Crippen LogP contribution in [0.3, 0.4) is 0 Å². The van der Waals surface area contributed by atoms with E-state index in [1.54, 1.807) is 11.3 Å². The van der Waals surface area contributed by atoms with Crippen molar-refractivity contribution in [1.29, 1.82) is 0 Å². The van der Waals surface area contributed by atoms with Crippen LogP contribution in [-0.2, 0) is 16.0 Å². The first-order chi connectivity index (χ1) is 7.86. The Hall–Kier alpha value is -0.420. The smallest absolute Gasteiger partial charge is 0.170 e. The summed E-state index contributed by atoms with van der Waals surface area (Å²) in [5, 5.41) is 7.90. The SMILES string of the molecule is c1cc(CNC2CCC3(C2)OCCO3)cs1. The Balaban J connectivity index is 1.50. The van der Waals surface area contributed by atoms with E-state index in [4.69, 9.17) is 9.47 Å². The molecule has 2 aliphatic rings. The molecular weight excluding hydrogens is 222 g/mol. The molecule has 0 bridgehead atoms. The Labute approximate surface area is 99.8 Å². The molecule has 3 nitrogen and oxygen atoms in total. The molecule has 1 saturated carbocycles. The molecule has 1 N–H and O–H groups in total. The lowest BCUT2D eigenvalue weighted by molar-refractivity contribution is -0.151. The van der Waals surface area contributed by atoms with Crippen LogP contribution in [0.15, 0.2) is 16.8 Å². The van der Waals surface area contributed by atoms with E-state index in [-0.39, 0.29) is 5.79 Å². The molecule has 4 heteroatoms. The molecule has 88 valence electrons. The fraction of sp³-hybridized carbons (Fsp3) is 0.667. The number of nitrogens with one attached hydrogen (secondary N) is 1. The lowest BCUT2D eigenvalue weighted by Crippen LogP contribution is -2.31. The van der Waals surface area contributed by atoms with Gasteiger partial charge in [-0.1, -0.05) is 0 Å². The quantitative estimate of drug-likeness (QED) is 0.876. The molecular formula is C12H17NO2S. The van der Waals surface area contributed by atoms with Gasteiger partial charge >= 0.3 is 0 Å². The predicted molar refractivity (Wildman–Crippen MR) is 63.4 cm³/mol. The van der Waals surface area contributed by atoms with Crippen molar-refractivity contribution >= 4 is 11.3 Å². The average molecular weight is 239 g/mol. The van der Waals surface area contributed by atoms with Crippen LogP contribution in [-0.4, -0.2) is 25.0 Å². The van der Waals surface area contributed by atoms with Crippen LogP contribution in [0, 0.1) is 0 Å². The fourth-order valence-electron chi connectivity index (χ4n) is 2.56. The number of rotatable bonds is 3. The monoisotopic (exact) mass is 239 g/mol. The zero-order valence-electron chi connectivity index (χ0n) is 9.28. The maximum Gasteiger partial charge on any atom is 0.170 e. The van der Waals surface area contributed by atoms with Gasteiger partial charge in [0.15, 0.2) is 5.79 Å². The Kier molecular flexibility index (Phi) is 2.98. The van der Waals surface area contributed by atoms with Gasteiger partial charge in [0.1, 0.15) is 0 Å². The van der Waals surface area contributed by atoms with Crippen LogP contribution in [0.5, 0.6) is 0 Å². The molecule has 1 aromatic heterocycles. The summed E-state index contributed by atoms with van der Waals surface area (Å²) in [5.74, 6) is -0.244. The molecule has 0 amide bonds. The van der Waals surface area contributed by atoms with E-state index < -0.39 is 0 Å². The van der Waals surface area contributed by atoms with Crippen molar-refractivity contribution in [2.45, 2.75) is 37.6 Å². The molecule has 16 heavy (non-hydrogen) atoms. The van der Waals surface area contributed by atoms with Crippen LogP contribution < -0.4 is 5.32 Å². The standard InChI is InChI=1S/C12H17NO2S/c1-3-12(14-4-5-15-12)7-11(1)13-8-10-2-6-16-9-10/h2,6,9,11,13H,1,3-5,7-8H2. The number of hydrogen-bond donors (Lipinski definition) is 1. The van der Waals surface area contributed by atoms with Gasteiger partial charge in [-0.25, -0.2) is 0 Å². The first kappa shape index (κ1) is 10.7. The van der Waals surface area contributed by atoms with E-state index in [1.807, 2.05) is 0 Å². The summed E-state index contributed by atoms with van der Waals surface area (Å²) in [6.07, 6.45) is 3.19. The zero-order chi connectivity index (χ0) is 10.8. The molecule has 3 rings (SSSR count). The molecule has 0 aromatic carbocycles. The molecule has 2 fully saturated rings. The highest BCUT2D eigenvalue weighted by Crippen LogP contribution is 2.37. The fourth-order valence-corrected chi connectivity index (χ4v) is 3.23. The van der Waals surface area contributed by atoms with Crippen molar-refractivity contribution < 1.29 is 9.47 Å². The van der Waals surface area contributed by atoms with Crippen molar-refractivity contribution in [2.75, 3.05) is 13.2 Å². The Morgan fingerprint density at radius 3 is 3.06 bits per heavy atom. The highest BCUT2D eigenvalue weighted by molar-refractivity contribution is 7.07. The van der Waals surface area contributed by atoms with Crippen LogP contribution in [0.1, 0.15) is 24.8 Å². The van der Waals surface area contributed by atoms with Gasteiger partial charge in [0.2, 0.25) is 0 Å². The van der Waals surface area contributed by atoms with Crippen molar-refractivity contribution in [2.24, 2.45) is 0 Å². The van der Waals surface area contributed by atoms with E-state index in [0.717, 1.165) is 39.0 Å². The molecule has 1 saturated heterocycles. The number of ether oxygens (including phenoxy) is 2. The second-order valence-electron chi connectivity index (χ2n) is 4.56.